The Morgan fingerprint density at radius 3 is 2.44 bits per heavy atom. The van der Waals surface area contributed by atoms with E-state index in [-0.39, 0.29) is 12.5 Å². The van der Waals surface area contributed by atoms with E-state index in [2.05, 4.69) is 48.7 Å². The van der Waals surface area contributed by atoms with Gasteiger partial charge in [0.25, 0.3) is 11.8 Å². The van der Waals surface area contributed by atoms with E-state index in [0.717, 1.165) is 22.1 Å². The number of nitrogens with one attached hydrogen (secondary N) is 3. The first-order valence-electron chi connectivity index (χ1n) is 13.2. The summed E-state index contributed by atoms with van der Waals surface area (Å²) in [7, 11) is 1.48. The minimum absolute atomic E-state index is 0.282. The molecule has 0 fully saturated rings. The van der Waals surface area contributed by atoms with E-state index in [1.165, 1.54) is 48.9 Å². The van der Waals surface area contributed by atoms with Crippen LogP contribution in [0, 0.1) is 9.39 Å². The van der Waals surface area contributed by atoms with Gasteiger partial charge in [0, 0.05) is 32.9 Å². The van der Waals surface area contributed by atoms with Gasteiger partial charge in [-0.15, -0.1) is 11.3 Å². The largest absolute Gasteiger partial charge is 0.493 e. The number of ether oxygens (including phenoxy) is 2. The molecule has 0 aliphatic carbocycles. The van der Waals surface area contributed by atoms with Crippen molar-refractivity contribution in [1.82, 2.24) is 10.4 Å². The minimum atomic E-state index is -0.414. The Kier molecular flexibility index (Phi) is 10.6. The van der Waals surface area contributed by atoms with Crippen LogP contribution in [-0.2, 0) is 4.79 Å². The Bertz CT molecular complexity index is 1830. The van der Waals surface area contributed by atoms with Gasteiger partial charge in [0.05, 0.1) is 22.6 Å². The van der Waals surface area contributed by atoms with Gasteiger partial charge in [-0.05, 0) is 101 Å². The Hall–Kier alpha value is -4.53. The second-order valence-electron chi connectivity index (χ2n) is 9.32. The zero-order valence-electron chi connectivity index (χ0n) is 23.5. The third-order valence-corrected chi connectivity index (χ3v) is 7.96. The molecular formula is C32H24ClFIN5O4S. The van der Waals surface area contributed by atoms with Gasteiger partial charge in [0.15, 0.2) is 23.2 Å². The van der Waals surface area contributed by atoms with Gasteiger partial charge in [-0.3, -0.25) is 9.59 Å². The molecule has 5 rings (SSSR count). The number of benzene rings is 4. The highest BCUT2D eigenvalue weighted by atomic mass is 127. The van der Waals surface area contributed by atoms with Crippen molar-refractivity contribution < 1.29 is 23.5 Å². The molecule has 5 aromatic rings. The van der Waals surface area contributed by atoms with Crippen LogP contribution in [-0.4, -0.2) is 36.7 Å². The van der Waals surface area contributed by atoms with Crippen molar-refractivity contribution in [2.75, 3.05) is 24.4 Å². The number of carbonyl (C=O) groups excluding carboxylic acids is 2. The number of rotatable bonds is 11. The van der Waals surface area contributed by atoms with Gasteiger partial charge in [-0.1, -0.05) is 23.7 Å². The van der Waals surface area contributed by atoms with Crippen molar-refractivity contribution in [1.29, 1.82) is 0 Å². The first kappa shape index (κ1) is 31.9. The number of methoxy groups -OCH3 is 1. The first-order valence-corrected chi connectivity index (χ1v) is 15.6. The average Bonchev–Trinajstić information content (AvgIpc) is 3.51. The molecule has 0 atom stereocenters. The number of carbonyl (C=O) groups is 2. The molecule has 0 bridgehead atoms. The number of thiazole rings is 1. The number of nitrogens with zero attached hydrogens (tertiary/aromatic N) is 2. The van der Waals surface area contributed by atoms with Crippen molar-refractivity contribution in [3.8, 4) is 22.8 Å². The highest BCUT2D eigenvalue weighted by Gasteiger charge is 2.14. The van der Waals surface area contributed by atoms with E-state index in [4.69, 9.17) is 21.1 Å². The van der Waals surface area contributed by atoms with Crippen LogP contribution in [0.2, 0.25) is 5.02 Å². The lowest BCUT2D eigenvalue weighted by molar-refractivity contribution is -0.118. The molecule has 45 heavy (non-hydrogen) atoms. The molecule has 3 N–H and O–H groups in total. The normalized spacial score (nSPS) is 10.8. The summed E-state index contributed by atoms with van der Waals surface area (Å²) in [4.78, 5) is 29.6. The van der Waals surface area contributed by atoms with Crippen LogP contribution >= 0.6 is 45.5 Å². The van der Waals surface area contributed by atoms with E-state index in [0.29, 0.717) is 36.9 Å². The maximum absolute atomic E-state index is 13.1. The third-order valence-electron chi connectivity index (χ3n) is 6.15. The fraction of sp³-hybridized carbons (Fsp3) is 0.0625. The van der Waals surface area contributed by atoms with Crippen LogP contribution in [0.3, 0.4) is 0 Å². The molecular weight excluding hydrogens is 732 g/mol. The van der Waals surface area contributed by atoms with Gasteiger partial charge in [0.1, 0.15) is 5.82 Å². The number of aromatic nitrogens is 1. The van der Waals surface area contributed by atoms with Gasteiger partial charge in [-0.25, -0.2) is 14.8 Å². The molecule has 1 heterocycles. The highest BCUT2D eigenvalue weighted by Crippen LogP contribution is 2.34. The zero-order valence-corrected chi connectivity index (χ0v) is 27.2. The maximum atomic E-state index is 13.1. The van der Waals surface area contributed by atoms with Crippen LogP contribution in [0.5, 0.6) is 11.5 Å². The van der Waals surface area contributed by atoms with Crippen molar-refractivity contribution in [3.05, 3.63) is 116 Å². The van der Waals surface area contributed by atoms with Crippen LogP contribution in [0.1, 0.15) is 15.9 Å². The van der Waals surface area contributed by atoms with Gasteiger partial charge >= 0.3 is 0 Å². The Labute approximate surface area is 280 Å². The molecule has 0 aliphatic rings. The summed E-state index contributed by atoms with van der Waals surface area (Å²) in [5.41, 5.74) is 6.58. The van der Waals surface area contributed by atoms with Crippen molar-refractivity contribution in [2.24, 2.45) is 5.10 Å². The lowest BCUT2D eigenvalue weighted by atomic mass is 10.1. The number of hydrogen-bond acceptors (Lipinski definition) is 8. The zero-order chi connectivity index (χ0) is 31.8. The molecule has 4 aromatic carbocycles. The molecule has 0 spiro atoms. The van der Waals surface area contributed by atoms with Gasteiger partial charge in [0.2, 0.25) is 0 Å². The van der Waals surface area contributed by atoms with Gasteiger partial charge in [-0.2, -0.15) is 5.10 Å². The molecule has 228 valence electrons. The van der Waals surface area contributed by atoms with E-state index < -0.39 is 11.7 Å². The van der Waals surface area contributed by atoms with E-state index in [9.17, 15) is 14.0 Å². The second kappa shape index (κ2) is 15.0. The molecule has 0 radical (unpaired) electrons. The van der Waals surface area contributed by atoms with E-state index >= 15 is 0 Å². The summed E-state index contributed by atoms with van der Waals surface area (Å²) in [5, 5.41) is 13.3. The van der Waals surface area contributed by atoms with E-state index in [1.807, 2.05) is 29.6 Å². The second-order valence-corrected chi connectivity index (χ2v) is 11.8. The molecule has 0 aliphatic heterocycles. The predicted molar refractivity (Wildman–Crippen MR) is 184 cm³/mol. The lowest BCUT2D eigenvalue weighted by Gasteiger charge is -2.13. The molecule has 2 amide bonds. The van der Waals surface area contributed by atoms with Crippen LogP contribution in [0.25, 0.3) is 11.3 Å². The lowest BCUT2D eigenvalue weighted by Crippen LogP contribution is -2.20. The third kappa shape index (κ3) is 8.77. The Balaban J connectivity index is 1.15. The Morgan fingerprint density at radius 2 is 1.73 bits per heavy atom. The fourth-order valence-corrected chi connectivity index (χ4v) is 5.61. The minimum Gasteiger partial charge on any atom is -0.493 e. The topological polar surface area (TPSA) is 114 Å². The molecule has 13 heteroatoms. The van der Waals surface area contributed by atoms with Crippen molar-refractivity contribution in [2.45, 2.75) is 0 Å². The van der Waals surface area contributed by atoms with E-state index in [1.54, 1.807) is 36.4 Å². The molecule has 1 aromatic heterocycles. The number of hydrogen-bond donors (Lipinski definition) is 3. The highest BCUT2D eigenvalue weighted by molar-refractivity contribution is 14.1. The monoisotopic (exact) mass is 755 g/mol. The quantitative estimate of drug-likeness (QED) is 0.0723. The number of hydrazone groups is 1. The summed E-state index contributed by atoms with van der Waals surface area (Å²) in [5.74, 6) is -0.430. The maximum Gasteiger partial charge on any atom is 0.271 e. The predicted octanol–water partition coefficient (Wildman–Crippen LogP) is 7.74. The fourth-order valence-electron chi connectivity index (χ4n) is 3.97. The first-order chi connectivity index (χ1) is 21.8. The number of anilines is 3. The number of halogens is 3. The van der Waals surface area contributed by atoms with Crippen LogP contribution < -0.4 is 25.5 Å². The summed E-state index contributed by atoms with van der Waals surface area (Å²) < 4.78 is 24.9. The van der Waals surface area contributed by atoms with Crippen molar-refractivity contribution in [3.63, 3.8) is 0 Å². The molecule has 0 saturated carbocycles. The standard InChI is InChI=1S/C32H24ClFIN5O4S/c1-43-28-15-19(14-26(35)30(28)44-17-29(41)37-24-12-8-23(34)9-13-24)16-36-40-31(42)21-4-2-20(3-5-21)27-18-45-32(39-27)38-25-10-6-22(33)7-11-25/h2-16,18H,17H2,1H3,(H,37,41)(H,38,39)(H,40,42)/b36-16-. The SMILES string of the molecule is COc1cc(/C=N\NC(=O)c2ccc(-c3csc(Nc4ccc(Cl)cc4)n3)cc2)cc(I)c1OCC(=O)Nc1ccc(F)cc1. The molecule has 0 saturated heterocycles. The Morgan fingerprint density at radius 1 is 1.02 bits per heavy atom. The smallest absolute Gasteiger partial charge is 0.271 e. The summed E-state index contributed by atoms with van der Waals surface area (Å²) >= 11 is 9.48. The van der Waals surface area contributed by atoms with Gasteiger partial charge < -0.3 is 20.1 Å². The van der Waals surface area contributed by atoms with Crippen LogP contribution in [0.4, 0.5) is 20.9 Å². The summed E-state index contributed by atoms with van der Waals surface area (Å²) in [6.45, 7) is -0.282. The number of amides is 2. The average molecular weight is 756 g/mol. The van der Waals surface area contributed by atoms with Crippen molar-refractivity contribution >= 4 is 80.1 Å². The summed E-state index contributed by atoms with van der Waals surface area (Å²) in [6.07, 6.45) is 1.48. The van der Waals surface area contributed by atoms with Crippen LogP contribution in [0.15, 0.2) is 95.4 Å². The molecule has 0 unspecified atom stereocenters. The molecule has 9 nitrogen and oxygen atoms in total. The summed E-state index contributed by atoms with van der Waals surface area (Å²) in [6, 6.07) is 23.3.